The third-order valence-electron chi connectivity index (χ3n) is 2.40. The van der Waals surface area contributed by atoms with E-state index in [0.29, 0.717) is 37.1 Å². The van der Waals surface area contributed by atoms with Gasteiger partial charge in [-0.3, -0.25) is 4.79 Å². The van der Waals surface area contributed by atoms with Gasteiger partial charge in [0.2, 0.25) is 5.91 Å². The van der Waals surface area contributed by atoms with Crippen molar-refractivity contribution in [2.75, 3.05) is 39.2 Å². The van der Waals surface area contributed by atoms with Gasteiger partial charge in [-0.15, -0.1) is 11.8 Å². The van der Waals surface area contributed by atoms with Gasteiger partial charge in [0.25, 0.3) is 0 Å². The number of nitrogens with one attached hydrogen (secondary N) is 1. The first-order valence-corrected chi connectivity index (χ1v) is 7.80. The number of rotatable bonds is 10. The fourth-order valence-electron chi connectivity index (χ4n) is 1.38. The van der Waals surface area contributed by atoms with Crippen LogP contribution in [-0.4, -0.2) is 45.1 Å². The monoisotopic (exact) mass is 317 g/mol. The highest BCUT2D eigenvalue weighted by atomic mass is 35.5. The van der Waals surface area contributed by atoms with E-state index in [9.17, 15) is 4.79 Å². The second-order valence-corrected chi connectivity index (χ2v) is 5.54. The Kier molecular flexibility index (Phi) is 9.49. The predicted molar refractivity (Wildman–Crippen MR) is 82.5 cm³/mol. The fourth-order valence-corrected chi connectivity index (χ4v) is 2.23. The summed E-state index contributed by atoms with van der Waals surface area (Å²) in [5.41, 5.74) is 0. The minimum atomic E-state index is 0.0295. The lowest BCUT2D eigenvalue weighted by atomic mass is 10.4. The van der Waals surface area contributed by atoms with Crippen LogP contribution in [0, 0.1) is 0 Å². The van der Waals surface area contributed by atoms with E-state index < -0.39 is 0 Å². The van der Waals surface area contributed by atoms with Crippen molar-refractivity contribution < 1.29 is 14.3 Å². The standard InChI is InChI=1S/C14H20ClNO3S/c1-18-9-10-19-8-2-7-16-14(17)11-20-13-5-3-12(15)4-6-13/h3-6H,2,7-11H2,1H3,(H,16,17). The molecule has 1 aromatic rings. The second-order valence-electron chi connectivity index (χ2n) is 4.05. The summed E-state index contributed by atoms with van der Waals surface area (Å²) in [7, 11) is 1.64. The Labute approximate surface area is 129 Å². The van der Waals surface area contributed by atoms with Gasteiger partial charge in [0, 0.05) is 30.2 Å². The molecule has 1 aromatic carbocycles. The third kappa shape index (κ3) is 8.43. The summed E-state index contributed by atoms with van der Waals surface area (Å²) < 4.78 is 10.2. The average Bonchev–Trinajstić information content (AvgIpc) is 2.46. The molecule has 0 unspecified atom stereocenters. The Morgan fingerprint density at radius 2 is 2.00 bits per heavy atom. The van der Waals surface area contributed by atoms with E-state index in [4.69, 9.17) is 21.1 Å². The molecule has 0 aliphatic carbocycles. The van der Waals surface area contributed by atoms with Crippen molar-refractivity contribution in [1.29, 1.82) is 0 Å². The summed E-state index contributed by atoms with van der Waals surface area (Å²) >= 11 is 7.29. The molecule has 1 rings (SSSR count). The maximum Gasteiger partial charge on any atom is 0.230 e. The van der Waals surface area contributed by atoms with Crippen LogP contribution in [-0.2, 0) is 14.3 Å². The topological polar surface area (TPSA) is 47.6 Å². The molecule has 0 aromatic heterocycles. The largest absolute Gasteiger partial charge is 0.382 e. The van der Waals surface area contributed by atoms with Crippen LogP contribution >= 0.6 is 23.4 Å². The molecule has 0 atom stereocenters. The lowest BCUT2D eigenvalue weighted by molar-refractivity contribution is -0.118. The van der Waals surface area contributed by atoms with E-state index in [1.54, 1.807) is 7.11 Å². The number of ether oxygens (including phenoxy) is 2. The highest BCUT2D eigenvalue weighted by Gasteiger charge is 2.02. The highest BCUT2D eigenvalue weighted by Crippen LogP contribution is 2.19. The van der Waals surface area contributed by atoms with Crippen molar-refractivity contribution in [3.05, 3.63) is 29.3 Å². The number of benzene rings is 1. The molecule has 6 heteroatoms. The zero-order chi connectivity index (χ0) is 14.6. The zero-order valence-corrected chi connectivity index (χ0v) is 13.1. The minimum absolute atomic E-state index is 0.0295. The molecule has 0 fully saturated rings. The van der Waals surface area contributed by atoms with Gasteiger partial charge in [-0.25, -0.2) is 0 Å². The summed E-state index contributed by atoms with van der Waals surface area (Å²) in [4.78, 5) is 12.6. The number of thioether (sulfide) groups is 1. The van der Waals surface area contributed by atoms with Gasteiger partial charge in [0.1, 0.15) is 0 Å². The number of hydrogen-bond donors (Lipinski definition) is 1. The number of amides is 1. The minimum Gasteiger partial charge on any atom is -0.382 e. The quantitative estimate of drug-likeness (QED) is 0.532. The van der Waals surface area contributed by atoms with Crippen molar-refractivity contribution in [2.24, 2.45) is 0 Å². The first kappa shape index (κ1) is 17.3. The first-order valence-electron chi connectivity index (χ1n) is 6.44. The maximum absolute atomic E-state index is 11.6. The van der Waals surface area contributed by atoms with Crippen molar-refractivity contribution in [2.45, 2.75) is 11.3 Å². The van der Waals surface area contributed by atoms with Crippen LogP contribution in [0.2, 0.25) is 5.02 Å². The van der Waals surface area contributed by atoms with Crippen molar-refractivity contribution in [3.63, 3.8) is 0 Å². The van der Waals surface area contributed by atoms with E-state index in [-0.39, 0.29) is 5.91 Å². The van der Waals surface area contributed by atoms with Crippen LogP contribution < -0.4 is 5.32 Å². The highest BCUT2D eigenvalue weighted by molar-refractivity contribution is 8.00. The van der Waals surface area contributed by atoms with Crippen LogP contribution in [0.3, 0.4) is 0 Å². The van der Waals surface area contributed by atoms with Crippen molar-refractivity contribution in [1.82, 2.24) is 5.32 Å². The molecule has 112 valence electrons. The zero-order valence-electron chi connectivity index (χ0n) is 11.6. The van der Waals surface area contributed by atoms with E-state index in [2.05, 4.69) is 5.32 Å². The van der Waals surface area contributed by atoms with E-state index >= 15 is 0 Å². The van der Waals surface area contributed by atoms with Gasteiger partial charge < -0.3 is 14.8 Å². The number of carbonyl (C=O) groups excluding carboxylic acids is 1. The summed E-state index contributed by atoms with van der Waals surface area (Å²) in [6, 6.07) is 7.45. The summed E-state index contributed by atoms with van der Waals surface area (Å²) in [6.07, 6.45) is 0.807. The van der Waals surface area contributed by atoms with Gasteiger partial charge in [-0.1, -0.05) is 11.6 Å². The molecular formula is C14H20ClNO3S. The normalized spacial score (nSPS) is 10.5. The molecule has 0 aliphatic rings. The number of methoxy groups -OCH3 is 1. The van der Waals surface area contributed by atoms with Crippen LogP contribution in [0.4, 0.5) is 0 Å². The fraction of sp³-hybridized carbons (Fsp3) is 0.500. The Hall–Kier alpha value is -0.750. The molecular weight excluding hydrogens is 298 g/mol. The summed E-state index contributed by atoms with van der Waals surface area (Å²) in [5.74, 6) is 0.438. The molecule has 4 nitrogen and oxygen atoms in total. The SMILES string of the molecule is COCCOCCCNC(=O)CSc1ccc(Cl)cc1. The maximum atomic E-state index is 11.6. The molecule has 0 radical (unpaired) electrons. The van der Waals surface area contributed by atoms with E-state index in [0.717, 1.165) is 11.3 Å². The van der Waals surface area contributed by atoms with Crippen LogP contribution in [0.25, 0.3) is 0 Å². The van der Waals surface area contributed by atoms with Crippen molar-refractivity contribution in [3.8, 4) is 0 Å². The molecule has 0 aliphatic heterocycles. The average molecular weight is 318 g/mol. The van der Waals surface area contributed by atoms with Gasteiger partial charge >= 0.3 is 0 Å². The smallest absolute Gasteiger partial charge is 0.230 e. The molecule has 1 amide bonds. The Morgan fingerprint density at radius 3 is 2.70 bits per heavy atom. The molecule has 20 heavy (non-hydrogen) atoms. The molecule has 0 bridgehead atoms. The lowest BCUT2D eigenvalue weighted by Gasteiger charge is -2.06. The second kappa shape index (κ2) is 11.0. The number of halogens is 1. The third-order valence-corrected chi connectivity index (χ3v) is 3.67. The first-order chi connectivity index (χ1) is 9.72. The summed E-state index contributed by atoms with van der Waals surface area (Å²) in [5, 5.41) is 3.56. The molecule has 0 saturated carbocycles. The number of hydrogen-bond acceptors (Lipinski definition) is 4. The van der Waals surface area contributed by atoms with Gasteiger partial charge in [0.05, 0.1) is 19.0 Å². The Balaban J connectivity index is 2.01. The lowest BCUT2D eigenvalue weighted by Crippen LogP contribution is -2.27. The van der Waals surface area contributed by atoms with Gasteiger partial charge in [0.15, 0.2) is 0 Å². The Morgan fingerprint density at radius 1 is 1.25 bits per heavy atom. The molecule has 0 heterocycles. The molecule has 1 N–H and O–H groups in total. The molecule has 0 spiro atoms. The predicted octanol–water partition coefficient (Wildman–Crippen LogP) is 2.60. The number of carbonyl (C=O) groups is 1. The van der Waals surface area contributed by atoms with E-state index in [1.807, 2.05) is 24.3 Å². The van der Waals surface area contributed by atoms with Crippen LogP contribution in [0.1, 0.15) is 6.42 Å². The Bertz CT molecular complexity index is 387. The van der Waals surface area contributed by atoms with Crippen molar-refractivity contribution >= 4 is 29.3 Å². The van der Waals surface area contributed by atoms with Gasteiger partial charge in [-0.2, -0.15) is 0 Å². The van der Waals surface area contributed by atoms with Gasteiger partial charge in [-0.05, 0) is 30.7 Å². The van der Waals surface area contributed by atoms with Crippen LogP contribution in [0.15, 0.2) is 29.2 Å². The van der Waals surface area contributed by atoms with Crippen LogP contribution in [0.5, 0.6) is 0 Å². The summed E-state index contributed by atoms with van der Waals surface area (Å²) in [6.45, 7) is 2.46. The van der Waals surface area contributed by atoms with E-state index in [1.165, 1.54) is 11.8 Å². The molecule has 0 saturated heterocycles.